The highest BCUT2D eigenvalue weighted by Crippen LogP contribution is 2.53. The van der Waals surface area contributed by atoms with E-state index in [0.29, 0.717) is 0 Å². The first kappa shape index (κ1) is 4.73. The van der Waals surface area contributed by atoms with Gasteiger partial charge in [-0.15, -0.1) is 0 Å². The Morgan fingerprint density at radius 3 is 2.67 bits per heavy atom. The fourth-order valence-corrected chi connectivity index (χ4v) is 2.67. The van der Waals surface area contributed by atoms with Crippen LogP contribution in [0.1, 0.15) is 19.3 Å². The average Bonchev–Trinajstić information content (AvgIpc) is 2.43. The lowest BCUT2D eigenvalue weighted by Crippen LogP contribution is -2.55. The van der Waals surface area contributed by atoms with Crippen LogP contribution in [0.4, 0.5) is 0 Å². The molecule has 2 unspecified atom stereocenters. The predicted octanol–water partition coefficient (Wildman–Crippen LogP) is 1.00. The molecule has 1 nitrogen and oxygen atoms in total. The minimum atomic E-state index is 0.976. The van der Waals surface area contributed by atoms with Crippen molar-refractivity contribution in [1.29, 1.82) is 0 Å². The van der Waals surface area contributed by atoms with E-state index >= 15 is 0 Å². The van der Waals surface area contributed by atoms with E-state index in [-0.39, 0.29) is 0 Å². The van der Waals surface area contributed by atoms with E-state index < -0.39 is 0 Å². The molecule has 3 aliphatic rings. The summed E-state index contributed by atoms with van der Waals surface area (Å²) in [5, 5.41) is 3.54. The molecule has 0 bridgehead atoms. The standard InChI is InChI=1S/C8H13N/c1-2-6-4-9-8(6)7-3-5(1)7/h5-9H,1-4H2/t5?,6-,7?,8+/m1/s1. The Bertz CT molecular complexity index is 142. The molecule has 1 N–H and O–H groups in total. The molecule has 3 fully saturated rings. The number of hydrogen-bond acceptors (Lipinski definition) is 1. The van der Waals surface area contributed by atoms with Crippen molar-refractivity contribution in [3.8, 4) is 0 Å². The van der Waals surface area contributed by atoms with Crippen LogP contribution in [-0.2, 0) is 0 Å². The van der Waals surface area contributed by atoms with Crippen LogP contribution in [0.15, 0.2) is 0 Å². The lowest BCUT2D eigenvalue weighted by Gasteiger charge is -2.41. The zero-order valence-electron chi connectivity index (χ0n) is 5.64. The second kappa shape index (κ2) is 1.34. The van der Waals surface area contributed by atoms with Gasteiger partial charge in [-0.05, 0) is 43.6 Å². The Hall–Kier alpha value is -0.0400. The van der Waals surface area contributed by atoms with E-state index in [1.807, 2.05) is 0 Å². The predicted molar refractivity (Wildman–Crippen MR) is 36.1 cm³/mol. The fourth-order valence-electron chi connectivity index (χ4n) is 2.67. The molecule has 0 radical (unpaired) electrons. The maximum atomic E-state index is 3.54. The molecule has 0 amide bonds. The smallest absolute Gasteiger partial charge is 0.0139 e. The van der Waals surface area contributed by atoms with Crippen LogP contribution in [-0.4, -0.2) is 12.6 Å². The van der Waals surface area contributed by atoms with Gasteiger partial charge in [0.15, 0.2) is 0 Å². The Kier molecular flexibility index (Phi) is 0.704. The van der Waals surface area contributed by atoms with Crippen molar-refractivity contribution in [2.75, 3.05) is 6.54 Å². The molecule has 0 aromatic rings. The van der Waals surface area contributed by atoms with E-state index in [9.17, 15) is 0 Å². The molecule has 9 heavy (non-hydrogen) atoms. The molecular weight excluding hydrogens is 110 g/mol. The summed E-state index contributed by atoms with van der Waals surface area (Å²) >= 11 is 0. The number of nitrogens with one attached hydrogen (secondary N) is 1. The summed E-state index contributed by atoms with van der Waals surface area (Å²) in [6.07, 6.45) is 4.63. The summed E-state index contributed by atoms with van der Waals surface area (Å²) < 4.78 is 0. The molecule has 0 aromatic carbocycles. The van der Waals surface area contributed by atoms with Gasteiger partial charge in [0, 0.05) is 6.04 Å². The van der Waals surface area contributed by atoms with Gasteiger partial charge in [0.25, 0.3) is 0 Å². The van der Waals surface area contributed by atoms with Crippen LogP contribution >= 0.6 is 0 Å². The molecule has 0 spiro atoms. The Balaban J connectivity index is 1.82. The van der Waals surface area contributed by atoms with E-state index in [0.717, 1.165) is 23.8 Å². The first-order valence-electron chi connectivity index (χ1n) is 4.18. The van der Waals surface area contributed by atoms with Gasteiger partial charge in [0.1, 0.15) is 0 Å². The number of rotatable bonds is 0. The van der Waals surface area contributed by atoms with Gasteiger partial charge >= 0.3 is 0 Å². The first-order valence-corrected chi connectivity index (χ1v) is 4.18. The quantitative estimate of drug-likeness (QED) is 0.507. The van der Waals surface area contributed by atoms with E-state index in [1.54, 1.807) is 12.8 Å². The van der Waals surface area contributed by atoms with Crippen LogP contribution < -0.4 is 5.32 Å². The van der Waals surface area contributed by atoms with Crippen molar-refractivity contribution >= 4 is 0 Å². The lowest BCUT2D eigenvalue weighted by molar-refractivity contribution is 0.154. The van der Waals surface area contributed by atoms with Crippen molar-refractivity contribution < 1.29 is 0 Å². The van der Waals surface area contributed by atoms with Crippen LogP contribution in [0.5, 0.6) is 0 Å². The molecule has 1 saturated heterocycles. The van der Waals surface area contributed by atoms with E-state index in [4.69, 9.17) is 0 Å². The molecule has 3 rings (SSSR count). The molecule has 0 aromatic heterocycles. The highest BCUT2D eigenvalue weighted by atomic mass is 15.0. The lowest BCUT2D eigenvalue weighted by atomic mass is 9.79. The first-order chi connectivity index (χ1) is 4.45. The maximum Gasteiger partial charge on any atom is 0.0139 e. The topological polar surface area (TPSA) is 12.0 Å². The summed E-state index contributed by atoms with van der Waals surface area (Å²) in [5.74, 6) is 3.37. The Labute approximate surface area is 55.8 Å². The van der Waals surface area contributed by atoms with Crippen molar-refractivity contribution in [2.45, 2.75) is 25.3 Å². The Morgan fingerprint density at radius 1 is 1.11 bits per heavy atom. The monoisotopic (exact) mass is 123 g/mol. The minimum absolute atomic E-state index is 0.976. The molecule has 1 heterocycles. The molecule has 50 valence electrons. The van der Waals surface area contributed by atoms with Gasteiger partial charge in [-0.25, -0.2) is 0 Å². The fraction of sp³-hybridized carbons (Fsp3) is 1.00. The summed E-state index contributed by atoms with van der Waals surface area (Å²) in [6.45, 7) is 1.33. The number of hydrogen-bond donors (Lipinski definition) is 1. The molecule has 1 aliphatic heterocycles. The molecule has 2 saturated carbocycles. The summed E-state index contributed by atoms with van der Waals surface area (Å²) in [5.41, 5.74) is 0. The van der Waals surface area contributed by atoms with E-state index in [2.05, 4.69) is 5.32 Å². The van der Waals surface area contributed by atoms with Crippen LogP contribution in [0.25, 0.3) is 0 Å². The van der Waals surface area contributed by atoms with Crippen molar-refractivity contribution in [3.05, 3.63) is 0 Å². The zero-order valence-corrected chi connectivity index (χ0v) is 5.64. The summed E-state index contributed by atoms with van der Waals surface area (Å²) in [4.78, 5) is 0. The van der Waals surface area contributed by atoms with Crippen LogP contribution in [0.2, 0.25) is 0 Å². The third-order valence-corrected chi connectivity index (χ3v) is 3.47. The van der Waals surface area contributed by atoms with Crippen molar-refractivity contribution in [2.24, 2.45) is 17.8 Å². The van der Waals surface area contributed by atoms with Gasteiger partial charge in [-0.2, -0.15) is 0 Å². The van der Waals surface area contributed by atoms with Crippen molar-refractivity contribution in [1.82, 2.24) is 5.32 Å². The molecule has 1 heteroatoms. The highest BCUT2D eigenvalue weighted by molar-refractivity contribution is 5.06. The zero-order chi connectivity index (χ0) is 5.84. The molecule has 4 atom stereocenters. The van der Waals surface area contributed by atoms with Crippen LogP contribution in [0, 0.1) is 17.8 Å². The van der Waals surface area contributed by atoms with Gasteiger partial charge in [-0.1, -0.05) is 0 Å². The van der Waals surface area contributed by atoms with Gasteiger partial charge < -0.3 is 5.32 Å². The normalized spacial score (nSPS) is 61.3. The van der Waals surface area contributed by atoms with Gasteiger partial charge in [0.2, 0.25) is 0 Å². The molecule has 2 aliphatic carbocycles. The maximum absolute atomic E-state index is 3.54. The third kappa shape index (κ3) is 0.493. The minimum Gasteiger partial charge on any atom is -0.313 e. The second-order valence-corrected chi connectivity index (χ2v) is 3.93. The highest BCUT2D eigenvalue weighted by Gasteiger charge is 2.52. The molecular formula is C8H13N. The average molecular weight is 123 g/mol. The van der Waals surface area contributed by atoms with Gasteiger partial charge in [0.05, 0.1) is 0 Å². The van der Waals surface area contributed by atoms with Crippen LogP contribution in [0.3, 0.4) is 0 Å². The van der Waals surface area contributed by atoms with Crippen molar-refractivity contribution in [3.63, 3.8) is 0 Å². The second-order valence-electron chi connectivity index (χ2n) is 3.93. The number of fused-ring (bicyclic) bond motifs is 3. The SMILES string of the molecule is C1C[C@@H]2CN[C@@H]2C2CC12. The Morgan fingerprint density at radius 2 is 2.00 bits per heavy atom. The largest absolute Gasteiger partial charge is 0.313 e. The summed E-state index contributed by atoms with van der Waals surface area (Å²) in [7, 11) is 0. The van der Waals surface area contributed by atoms with Gasteiger partial charge in [-0.3, -0.25) is 0 Å². The third-order valence-electron chi connectivity index (χ3n) is 3.47. The van der Waals surface area contributed by atoms with E-state index in [1.165, 1.54) is 13.0 Å². The summed E-state index contributed by atoms with van der Waals surface area (Å²) in [6, 6.07) is 0.976.